The minimum atomic E-state index is -0.353. The molecule has 1 aromatic heterocycles. The van der Waals surface area contributed by atoms with E-state index in [1.807, 2.05) is 0 Å². The number of carbonyl (C=O) groups excluding carboxylic acids is 1. The van der Waals surface area contributed by atoms with Crippen molar-refractivity contribution in [3.63, 3.8) is 0 Å². The largest absolute Gasteiger partial charge is 0.321 e. The number of anilines is 1. The Morgan fingerprint density at radius 2 is 1.95 bits per heavy atom. The first-order chi connectivity index (χ1) is 8.99. The number of nitrogens with zero attached hydrogens (tertiary/aromatic N) is 1. The minimum absolute atomic E-state index is 0.155. The van der Waals surface area contributed by atoms with Gasteiger partial charge in [0.25, 0.3) is 5.91 Å². The zero-order valence-electron chi connectivity index (χ0n) is 9.25. The van der Waals surface area contributed by atoms with Gasteiger partial charge in [0.1, 0.15) is 5.15 Å². The van der Waals surface area contributed by atoms with E-state index in [1.54, 1.807) is 18.2 Å². The van der Waals surface area contributed by atoms with Crippen molar-refractivity contribution in [2.75, 3.05) is 5.32 Å². The highest BCUT2D eigenvalue weighted by Crippen LogP contribution is 2.30. The lowest BCUT2D eigenvalue weighted by molar-refractivity contribution is 0.102. The van der Waals surface area contributed by atoms with Crippen molar-refractivity contribution in [2.24, 2.45) is 0 Å². The molecular weight excluding hydrogens is 374 g/mol. The molecule has 1 amide bonds. The molecular formula is C12H6BrCl3N2O. The van der Waals surface area contributed by atoms with Crippen LogP contribution < -0.4 is 5.32 Å². The third-order valence-corrected chi connectivity index (χ3v) is 4.34. The van der Waals surface area contributed by atoms with Crippen LogP contribution in [-0.4, -0.2) is 10.9 Å². The fraction of sp³-hybridized carbons (Fsp3) is 0. The van der Waals surface area contributed by atoms with E-state index in [2.05, 4.69) is 26.2 Å². The van der Waals surface area contributed by atoms with E-state index in [0.717, 1.165) is 0 Å². The highest BCUT2D eigenvalue weighted by Gasteiger charge is 2.12. The zero-order chi connectivity index (χ0) is 14.0. The van der Waals surface area contributed by atoms with Gasteiger partial charge in [0.05, 0.1) is 25.8 Å². The summed E-state index contributed by atoms with van der Waals surface area (Å²) < 4.78 is 0.609. The molecule has 0 atom stereocenters. The summed E-state index contributed by atoms with van der Waals surface area (Å²) in [5.41, 5.74) is 0.866. The predicted molar refractivity (Wildman–Crippen MR) is 81.4 cm³/mol. The van der Waals surface area contributed by atoms with Crippen molar-refractivity contribution in [1.82, 2.24) is 4.98 Å². The van der Waals surface area contributed by atoms with Crippen molar-refractivity contribution < 1.29 is 4.79 Å². The fourth-order valence-electron chi connectivity index (χ4n) is 1.34. The molecule has 0 aliphatic carbocycles. The van der Waals surface area contributed by atoms with Gasteiger partial charge in [-0.25, -0.2) is 4.98 Å². The summed E-state index contributed by atoms with van der Waals surface area (Å²) in [6.07, 6.45) is 1.35. The van der Waals surface area contributed by atoms with Gasteiger partial charge in [-0.2, -0.15) is 0 Å². The second-order valence-corrected chi connectivity index (χ2v) is 5.52. The lowest BCUT2D eigenvalue weighted by Gasteiger charge is -2.08. The molecule has 1 heterocycles. The number of aromatic nitrogens is 1. The van der Waals surface area contributed by atoms with Crippen LogP contribution in [0.1, 0.15) is 10.4 Å². The summed E-state index contributed by atoms with van der Waals surface area (Å²) in [4.78, 5) is 15.8. The summed E-state index contributed by atoms with van der Waals surface area (Å²) in [5.74, 6) is -0.353. The lowest BCUT2D eigenvalue weighted by Crippen LogP contribution is -2.12. The smallest absolute Gasteiger partial charge is 0.257 e. The molecule has 1 aromatic carbocycles. The van der Waals surface area contributed by atoms with Crippen molar-refractivity contribution in [2.45, 2.75) is 0 Å². The van der Waals surface area contributed by atoms with E-state index in [4.69, 9.17) is 34.8 Å². The number of benzene rings is 1. The maximum absolute atomic E-state index is 12.0. The Kier molecular flexibility index (Phi) is 4.68. The van der Waals surface area contributed by atoms with Crippen molar-refractivity contribution in [1.29, 1.82) is 0 Å². The number of amides is 1. The molecule has 19 heavy (non-hydrogen) atoms. The Bertz CT molecular complexity index is 649. The van der Waals surface area contributed by atoms with E-state index >= 15 is 0 Å². The van der Waals surface area contributed by atoms with Crippen LogP contribution in [0.3, 0.4) is 0 Å². The number of pyridine rings is 1. The summed E-state index contributed by atoms with van der Waals surface area (Å²) in [6.45, 7) is 0. The topological polar surface area (TPSA) is 42.0 Å². The van der Waals surface area contributed by atoms with E-state index in [1.165, 1.54) is 12.3 Å². The van der Waals surface area contributed by atoms with Gasteiger partial charge in [0, 0.05) is 6.20 Å². The fourth-order valence-corrected chi connectivity index (χ4v) is 2.15. The van der Waals surface area contributed by atoms with Crippen LogP contribution in [-0.2, 0) is 0 Å². The standard InChI is InChI=1S/C12H6BrCl3N2O/c13-10-7(14)2-1-3-9(10)18-12(19)6-4-8(15)11(16)17-5-6/h1-5H,(H,18,19). The predicted octanol–water partition coefficient (Wildman–Crippen LogP) is 5.06. The highest BCUT2D eigenvalue weighted by molar-refractivity contribution is 9.10. The normalized spacial score (nSPS) is 10.3. The van der Waals surface area contributed by atoms with Crippen LogP contribution >= 0.6 is 50.7 Å². The van der Waals surface area contributed by atoms with Crippen LogP contribution in [0.2, 0.25) is 15.2 Å². The van der Waals surface area contributed by atoms with Crippen LogP contribution in [0.15, 0.2) is 34.9 Å². The number of carbonyl (C=O) groups is 1. The molecule has 0 radical (unpaired) electrons. The van der Waals surface area contributed by atoms with Gasteiger partial charge < -0.3 is 5.32 Å². The minimum Gasteiger partial charge on any atom is -0.321 e. The van der Waals surface area contributed by atoms with Crippen LogP contribution in [0.25, 0.3) is 0 Å². The molecule has 0 bridgehead atoms. The van der Waals surface area contributed by atoms with E-state index < -0.39 is 0 Å². The van der Waals surface area contributed by atoms with Crippen molar-refractivity contribution >= 4 is 62.3 Å². The molecule has 0 fully saturated rings. The molecule has 0 spiro atoms. The first-order valence-electron chi connectivity index (χ1n) is 5.05. The molecule has 0 aliphatic heterocycles. The number of halogens is 4. The Hall–Kier alpha value is -0.810. The van der Waals surface area contributed by atoms with Gasteiger partial charge in [0.2, 0.25) is 0 Å². The van der Waals surface area contributed by atoms with E-state index in [0.29, 0.717) is 20.7 Å². The van der Waals surface area contributed by atoms with E-state index in [9.17, 15) is 4.79 Å². The Morgan fingerprint density at radius 3 is 2.63 bits per heavy atom. The summed E-state index contributed by atoms with van der Waals surface area (Å²) in [7, 11) is 0. The molecule has 98 valence electrons. The third-order valence-electron chi connectivity index (χ3n) is 2.26. The maximum atomic E-state index is 12.0. The third kappa shape index (κ3) is 3.39. The Labute approximate surface area is 133 Å². The van der Waals surface area contributed by atoms with Crippen LogP contribution in [0, 0.1) is 0 Å². The summed E-state index contributed by atoms with van der Waals surface area (Å²) in [6, 6.07) is 6.61. The first kappa shape index (κ1) is 14.6. The second-order valence-electron chi connectivity index (χ2n) is 3.55. The number of hydrogen-bond acceptors (Lipinski definition) is 2. The molecule has 3 nitrogen and oxygen atoms in total. The number of rotatable bonds is 2. The van der Waals surface area contributed by atoms with Crippen LogP contribution in [0.4, 0.5) is 5.69 Å². The van der Waals surface area contributed by atoms with Crippen molar-refractivity contribution in [3.05, 3.63) is 55.7 Å². The monoisotopic (exact) mass is 378 g/mol. The van der Waals surface area contributed by atoms with Gasteiger partial charge in [-0.05, 0) is 34.1 Å². The highest BCUT2D eigenvalue weighted by atomic mass is 79.9. The second kappa shape index (κ2) is 6.09. The lowest BCUT2D eigenvalue weighted by atomic mass is 10.2. The molecule has 0 aliphatic rings. The zero-order valence-corrected chi connectivity index (χ0v) is 13.1. The van der Waals surface area contributed by atoms with Crippen LogP contribution in [0.5, 0.6) is 0 Å². The maximum Gasteiger partial charge on any atom is 0.257 e. The van der Waals surface area contributed by atoms with Gasteiger partial charge in [-0.15, -0.1) is 0 Å². The van der Waals surface area contributed by atoms with Gasteiger partial charge in [-0.3, -0.25) is 4.79 Å². The molecule has 2 aromatic rings. The average molecular weight is 380 g/mol. The van der Waals surface area contributed by atoms with Gasteiger partial charge >= 0.3 is 0 Å². The molecule has 0 saturated heterocycles. The molecule has 2 rings (SSSR count). The van der Waals surface area contributed by atoms with E-state index in [-0.39, 0.29) is 16.1 Å². The molecule has 0 unspecified atom stereocenters. The first-order valence-corrected chi connectivity index (χ1v) is 6.98. The molecule has 1 N–H and O–H groups in total. The summed E-state index contributed by atoms with van der Waals surface area (Å²) >= 11 is 20.7. The quantitative estimate of drug-likeness (QED) is 0.740. The molecule has 7 heteroatoms. The Balaban J connectivity index is 2.26. The summed E-state index contributed by atoms with van der Waals surface area (Å²) in [5, 5.41) is 3.58. The number of nitrogens with one attached hydrogen (secondary N) is 1. The van der Waals surface area contributed by atoms with Gasteiger partial charge in [0.15, 0.2) is 0 Å². The van der Waals surface area contributed by atoms with Gasteiger partial charge in [-0.1, -0.05) is 40.9 Å². The SMILES string of the molecule is O=C(Nc1cccc(Cl)c1Br)c1cnc(Cl)c(Cl)c1. The average Bonchev–Trinajstić information content (AvgIpc) is 2.38. The Morgan fingerprint density at radius 1 is 1.21 bits per heavy atom. The number of hydrogen-bond donors (Lipinski definition) is 1. The van der Waals surface area contributed by atoms with Crippen molar-refractivity contribution in [3.8, 4) is 0 Å². The molecule has 0 saturated carbocycles.